The molecule has 2 aromatic carbocycles. The molecule has 0 aliphatic carbocycles. The Morgan fingerprint density at radius 3 is 2.14 bits per heavy atom. The molecule has 9 nitrogen and oxygen atoms in total. The van der Waals surface area contributed by atoms with Gasteiger partial charge >= 0.3 is 5.97 Å². The number of ether oxygens (including phenoxy) is 1. The van der Waals surface area contributed by atoms with E-state index in [1.54, 1.807) is 19.1 Å². The molecule has 9 heteroatoms. The first-order valence-corrected chi connectivity index (χ1v) is 8.85. The zero-order valence-corrected chi connectivity index (χ0v) is 16.0. The van der Waals surface area contributed by atoms with Crippen LogP contribution in [0, 0.1) is 10.1 Å². The highest BCUT2D eigenvalue weighted by Crippen LogP contribution is 2.23. The van der Waals surface area contributed by atoms with Crippen molar-refractivity contribution < 1.29 is 19.6 Å². The molecule has 0 fully saturated rings. The van der Waals surface area contributed by atoms with Crippen LogP contribution in [0.1, 0.15) is 6.92 Å². The minimum atomic E-state index is -0.475. The van der Waals surface area contributed by atoms with Crippen molar-refractivity contribution in [3.8, 4) is 0 Å². The number of carbonyl (C=O) groups is 1. The topological polar surface area (TPSA) is 118 Å². The van der Waals surface area contributed by atoms with Gasteiger partial charge in [-0.1, -0.05) is 6.58 Å². The number of nitrogens with zero attached hydrogens (tertiary/aromatic N) is 4. The van der Waals surface area contributed by atoms with Crippen molar-refractivity contribution in [2.75, 3.05) is 31.2 Å². The van der Waals surface area contributed by atoms with Gasteiger partial charge in [0, 0.05) is 29.9 Å². The van der Waals surface area contributed by atoms with Gasteiger partial charge in [0.05, 0.1) is 29.4 Å². The van der Waals surface area contributed by atoms with Gasteiger partial charge in [-0.3, -0.25) is 10.1 Å². The molecule has 0 unspecified atom stereocenters. The van der Waals surface area contributed by atoms with E-state index in [9.17, 15) is 20.0 Å². The molecule has 152 valence electrons. The molecule has 2 aromatic rings. The maximum atomic E-state index is 11.5. The van der Waals surface area contributed by atoms with Crippen LogP contribution in [0.4, 0.5) is 22.7 Å². The predicted molar refractivity (Wildman–Crippen MR) is 109 cm³/mol. The van der Waals surface area contributed by atoms with Gasteiger partial charge in [0.25, 0.3) is 5.69 Å². The van der Waals surface area contributed by atoms with Crippen LogP contribution in [-0.4, -0.2) is 42.3 Å². The number of non-ortho nitro benzene ring substituents is 1. The van der Waals surface area contributed by atoms with Gasteiger partial charge in [0.15, 0.2) is 0 Å². The van der Waals surface area contributed by atoms with Gasteiger partial charge in [-0.05, 0) is 43.3 Å². The fourth-order valence-corrected chi connectivity index (χ4v) is 2.35. The highest BCUT2D eigenvalue weighted by Gasteiger charge is 2.09. The first-order valence-electron chi connectivity index (χ1n) is 8.85. The number of esters is 1. The van der Waals surface area contributed by atoms with Crippen LogP contribution in [0.15, 0.2) is 70.9 Å². The van der Waals surface area contributed by atoms with Crippen molar-refractivity contribution in [2.24, 2.45) is 10.2 Å². The first kappa shape index (κ1) is 21.7. The second kappa shape index (κ2) is 10.7. The zero-order valence-electron chi connectivity index (χ0n) is 16.0. The summed E-state index contributed by atoms with van der Waals surface area (Å²) in [6.45, 7) is 6.04. The Hall–Kier alpha value is -3.59. The lowest BCUT2D eigenvalue weighted by Gasteiger charge is -2.23. The summed E-state index contributed by atoms with van der Waals surface area (Å²) >= 11 is 0. The fraction of sp³-hybridized carbons (Fsp3) is 0.250. The van der Waals surface area contributed by atoms with Gasteiger partial charge in [0.2, 0.25) is 0 Å². The largest absolute Gasteiger partial charge is 0.460 e. The van der Waals surface area contributed by atoms with Gasteiger partial charge < -0.3 is 14.7 Å². The third-order valence-electron chi connectivity index (χ3n) is 3.87. The third kappa shape index (κ3) is 6.82. The summed E-state index contributed by atoms with van der Waals surface area (Å²) in [5.41, 5.74) is 2.26. The van der Waals surface area contributed by atoms with Crippen molar-refractivity contribution >= 4 is 28.7 Å². The van der Waals surface area contributed by atoms with Crippen LogP contribution in [0.25, 0.3) is 0 Å². The second-order valence-electron chi connectivity index (χ2n) is 6.12. The molecule has 0 amide bonds. The summed E-state index contributed by atoms with van der Waals surface area (Å²) in [6.07, 6.45) is 0. The number of rotatable bonds is 10. The molecule has 0 aromatic heterocycles. The minimum absolute atomic E-state index is 0.00814. The van der Waals surface area contributed by atoms with E-state index in [1.165, 1.54) is 24.3 Å². The third-order valence-corrected chi connectivity index (χ3v) is 3.87. The van der Waals surface area contributed by atoms with Gasteiger partial charge in [0.1, 0.15) is 6.61 Å². The Morgan fingerprint density at radius 2 is 1.66 bits per heavy atom. The van der Waals surface area contributed by atoms with Crippen molar-refractivity contribution in [1.29, 1.82) is 0 Å². The highest BCUT2D eigenvalue weighted by atomic mass is 16.6. The molecule has 0 atom stereocenters. The lowest BCUT2D eigenvalue weighted by atomic mass is 10.2. The standard InChI is InChI=1S/C20H22N4O5/c1-15(2)20(26)29-14-12-23(11-13-25)18-7-3-16(4-8-18)21-22-17-5-9-19(10-6-17)24(27)28/h3-10,25H,1,11-14H2,2H3. The van der Waals surface area contributed by atoms with E-state index < -0.39 is 10.9 Å². The summed E-state index contributed by atoms with van der Waals surface area (Å²) in [5, 5.41) is 28.1. The Labute approximate surface area is 168 Å². The Morgan fingerprint density at radius 1 is 1.10 bits per heavy atom. The van der Waals surface area contributed by atoms with Crippen LogP contribution >= 0.6 is 0 Å². The van der Waals surface area contributed by atoms with E-state index in [1.807, 2.05) is 17.0 Å². The lowest BCUT2D eigenvalue weighted by Crippen LogP contribution is -2.31. The quantitative estimate of drug-likeness (QED) is 0.213. The van der Waals surface area contributed by atoms with E-state index >= 15 is 0 Å². The first-order chi connectivity index (χ1) is 13.9. The number of azo groups is 1. The molecular formula is C20H22N4O5. The summed E-state index contributed by atoms with van der Waals surface area (Å²) in [5.74, 6) is -0.448. The summed E-state index contributed by atoms with van der Waals surface area (Å²) in [7, 11) is 0. The number of aliphatic hydroxyl groups excluding tert-OH is 1. The molecule has 0 aliphatic heterocycles. The van der Waals surface area contributed by atoms with E-state index in [0.717, 1.165) is 5.69 Å². The predicted octanol–water partition coefficient (Wildman–Crippen LogP) is 3.93. The molecule has 0 saturated heterocycles. The van der Waals surface area contributed by atoms with Crippen LogP contribution in [0.2, 0.25) is 0 Å². The Bertz CT molecular complexity index is 879. The number of nitro benzene ring substituents is 1. The molecule has 1 N–H and O–H groups in total. The lowest BCUT2D eigenvalue weighted by molar-refractivity contribution is -0.384. The average Bonchev–Trinajstić information content (AvgIpc) is 2.72. The van der Waals surface area contributed by atoms with Crippen molar-refractivity contribution in [3.63, 3.8) is 0 Å². The summed E-state index contributed by atoms with van der Waals surface area (Å²) in [4.78, 5) is 23.5. The Kier molecular flexibility index (Phi) is 7.99. The van der Waals surface area contributed by atoms with Crippen molar-refractivity contribution in [2.45, 2.75) is 6.92 Å². The van der Waals surface area contributed by atoms with Crippen LogP contribution < -0.4 is 4.90 Å². The van der Waals surface area contributed by atoms with Crippen LogP contribution in [0.3, 0.4) is 0 Å². The number of anilines is 1. The van der Waals surface area contributed by atoms with E-state index in [0.29, 0.717) is 30.0 Å². The van der Waals surface area contributed by atoms with Gasteiger partial charge in [-0.2, -0.15) is 10.2 Å². The van der Waals surface area contributed by atoms with E-state index in [-0.39, 0.29) is 18.9 Å². The number of hydrogen-bond donors (Lipinski definition) is 1. The van der Waals surface area contributed by atoms with Crippen LogP contribution in [-0.2, 0) is 9.53 Å². The average molecular weight is 398 g/mol. The number of aliphatic hydroxyl groups is 1. The monoisotopic (exact) mass is 398 g/mol. The molecule has 0 radical (unpaired) electrons. The molecular weight excluding hydrogens is 376 g/mol. The normalized spacial score (nSPS) is 10.7. The zero-order chi connectivity index (χ0) is 21.2. The smallest absolute Gasteiger partial charge is 0.333 e. The van der Waals surface area contributed by atoms with Crippen molar-refractivity contribution in [3.05, 3.63) is 70.8 Å². The Balaban J connectivity index is 1.99. The van der Waals surface area contributed by atoms with E-state index in [4.69, 9.17) is 4.74 Å². The SMILES string of the molecule is C=C(C)C(=O)OCCN(CCO)c1ccc(N=Nc2ccc([N+](=O)[O-])cc2)cc1. The van der Waals surface area contributed by atoms with Gasteiger partial charge in [-0.15, -0.1) is 0 Å². The van der Waals surface area contributed by atoms with E-state index in [2.05, 4.69) is 16.8 Å². The molecule has 0 aliphatic rings. The van der Waals surface area contributed by atoms with Crippen molar-refractivity contribution in [1.82, 2.24) is 0 Å². The maximum Gasteiger partial charge on any atom is 0.333 e. The molecule has 0 heterocycles. The maximum absolute atomic E-state index is 11.5. The molecule has 29 heavy (non-hydrogen) atoms. The summed E-state index contributed by atoms with van der Waals surface area (Å²) in [6, 6.07) is 12.9. The number of nitro groups is 1. The fourth-order valence-electron chi connectivity index (χ4n) is 2.35. The highest BCUT2D eigenvalue weighted by molar-refractivity contribution is 5.86. The number of benzene rings is 2. The second-order valence-corrected chi connectivity index (χ2v) is 6.12. The number of hydrogen-bond acceptors (Lipinski definition) is 8. The molecule has 0 spiro atoms. The van der Waals surface area contributed by atoms with Gasteiger partial charge in [-0.25, -0.2) is 4.79 Å². The molecule has 0 saturated carbocycles. The molecule has 0 bridgehead atoms. The minimum Gasteiger partial charge on any atom is -0.460 e. The molecule has 2 rings (SSSR count). The van der Waals surface area contributed by atoms with Crippen LogP contribution in [0.5, 0.6) is 0 Å². The number of carbonyl (C=O) groups excluding carboxylic acids is 1. The summed E-state index contributed by atoms with van der Waals surface area (Å²) < 4.78 is 5.10.